The molecule has 16 heavy (non-hydrogen) atoms. The van der Waals surface area contributed by atoms with Gasteiger partial charge in [-0.15, -0.1) is 0 Å². The van der Waals surface area contributed by atoms with Crippen LogP contribution in [0.15, 0.2) is 16.7 Å². The Labute approximate surface area is 102 Å². The highest BCUT2D eigenvalue weighted by atomic mass is 79.9. The first-order valence-corrected chi connectivity index (χ1v) is 6.11. The number of nitrogens with one attached hydrogen (secondary N) is 1. The zero-order valence-electron chi connectivity index (χ0n) is 8.84. The van der Waals surface area contributed by atoms with Crippen LogP contribution in [0.25, 0.3) is 0 Å². The minimum atomic E-state index is -0.797. The van der Waals surface area contributed by atoms with E-state index in [9.17, 15) is 9.50 Å². The Balaban J connectivity index is 2.15. The molecule has 0 bridgehead atoms. The average Bonchev–Trinajstić information content (AvgIpc) is 2.24. The van der Waals surface area contributed by atoms with Crippen LogP contribution in [0.1, 0.15) is 18.4 Å². The summed E-state index contributed by atoms with van der Waals surface area (Å²) in [7, 11) is 0. The molecule has 1 fully saturated rings. The lowest BCUT2D eigenvalue weighted by molar-refractivity contribution is 0.00997. The van der Waals surface area contributed by atoms with Gasteiger partial charge in [-0.1, -0.05) is 0 Å². The van der Waals surface area contributed by atoms with E-state index in [1.54, 1.807) is 6.07 Å². The highest BCUT2D eigenvalue weighted by Crippen LogP contribution is 2.25. The van der Waals surface area contributed by atoms with Crippen molar-refractivity contribution in [1.82, 2.24) is 10.3 Å². The molecule has 1 aromatic rings. The Morgan fingerprint density at radius 2 is 2.19 bits per heavy atom. The Kier molecular flexibility index (Phi) is 3.56. The minimum Gasteiger partial charge on any atom is -0.389 e. The number of hydrogen-bond acceptors (Lipinski definition) is 3. The second-order valence-electron chi connectivity index (χ2n) is 4.25. The highest BCUT2D eigenvalue weighted by molar-refractivity contribution is 9.10. The summed E-state index contributed by atoms with van der Waals surface area (Å²) in [6, 6.07) is 1.68. The van der Waals surface area contributed by atoms with E-state index < -0.39 is 11.5 Å². The van der Waals surface area contributed by atoms with Gasteiger partial charge >= 0.3 is 0 Å². The number of halogens is 2. The molecule has 0 radical (unpaired) electrons. The number of piperidine rings is 1. The van der Waals surface area contributed by atoms with Gasteiger partial charge in [0, 0.05) is 22.7 Å². The second kappa shape index (κ2) is 4.77. The molecule has 2 rings (SSSR count). The molecule has 1 aliphatic heterocycles. The Hall–Kier alpha value is -0.520. The Bertz CT molecular complexity index is 380. The summed E-state index contributed by atoms with van der Waals surface area (Å²) in [6.45, 7) is 1.55. The van der Waals surface area contributed by atoms with Gasteiger partial charge in [-0.2, -0.15) is 4.39 Å². The number of nitrogens with zero attached hydrogens (tertiary/aromatic N) is 1. The lowest BCUT2D eigenvalue weighted by atomic mass is 9.86. The van der Waals surface area contributed by atoms with Crippen LogP contribution < -0.4 is 5.32 Å². The Morgan fingerprint density at radius 3 is 2.88 bits per heavy atom. The summed E-state index contributed by atoms with van der Waals surface area (Å²) in [5.41, 5.74) is -0.326. The van der Waals surface area contributed by atoms with Crippen molar-refractivity contribution in [2.75, 3.05) is 13.1 Å². The molecule has 0 aromatic carbocycles. The van der Waals surface area contributed by atoms with Gasteiger partial charge in [0.05, 0.1) is 5.60 Å². The number of pyridine rings is 1. The van der Waals surface area contributed by atoms with Crippen molar-refractivity contribution in [2.45, 2.75) is 24.9 Å². The number of rotatable bonds is 2. The lowest BCUT2D eigenvalue weighted by Gasteiger charge is -2.32. The number of hydrogen-bond donors (Lipinski definition) is 2. The maximum absolute atomic E-state index is 13.4. The largest absolute Gasteiger partial charge is 0.389 e. The van der Waals surface area contributed by atoms with Crippen LogP contribution in [0.5, 0.6) is 0 Å². The van der Waals surface area contributed by atoms with Crippen LogP contribution >= 0.6 is 15.9 Å². The zero-order valence-corrected chi connectivity index (χ0v) is 10.4. The summed E-state index contributed by atoms with van der Waals surface area (Å²) < 4.78 is 14.2. The van der Waals surface area contributed by atoms with Gasteiger partial charge in [0.25, 0.3) is 0 Å². The van der Waals surface area contributed by atoms with E-state index in [4.69, 9.17) is 0 Å². The molecule has 1 aliphatic rings. The molecular weight excluding hydrogens is 275 g/mol. The fourth-order valence-electron chi connectivity index (χ4n) is 2.01. The van der Waals surface area contributed by atoms with Crippen molar-refractivity contribution >= 4 is 15.9 Å². The fraction of sp³-hybridized carbons (Fsp3) is 0.545. The smallest absolute Gasteiger partial charge is 0.216 e. The molecule has 1 saturated heterocycles. The number of aliphatic hydroxyl groups is 1. The standard InChI is InChI=1S/C11H14BrFN2O/c12-9-5-8(10(13)15-7-9)6-11(16)1-3-14-4-2-11/h5,7,14,16H,1-4,6H2. The van der Waals surface area contributed by atoms with E-state index in [2.05, 4.69) is 26.2 Å². The average molecular weight is 289 g/mol. The van der Waals surface area contributed by atoms with Crippen LogP contribution in [0.4, 0.5) is 4.39 Å². The van der Waals surface area contributed by atoms with E-state index in [0.29, 0.717) is 24.8 Å². The van der Waals surface area contributed by atoms with E-state index in [1.807, 2.05) is 0 Å². The maximum Gasteiger partial charge on any atom is 0.216 e. The van der Waals surface area contributed by atoms with Gasteiger partial charge in [0.1, 0.15) is 0 Å². The first kappa shape index (κ1) is 12.0. The first-order valence-electron chi connectivity index (χ1n) is 5.32. The first-order chi connectivity index (χ1) is 7.59. The summed E-state index contributed by atoms with van der Waals surface area (Å²) in [5.74, 6) is -0.491. The second-order valence-corrected chi connectivity index (χ2v) is 5.17. The normalized spacial score (nSPS) is 19.7. The van der Waals surface area contributed by atoms with E-state index >= 15 is 0 Å². The predicted octanol–water partition coefficient (Wildman–Crippen LogP) is 1.64. The molecule has 5 heteroatoms. The van der Waals surface area contributed by atoms with Crippen molar-refractivity contribution in [3.8, 4) is 0 Å². The molecule has 0 aliphatic carbocycles. The zero-order chi connectivity index (χ0) is 11.6. The van der Waals surface area contributed by atoms with Crippen LogP contribution in [0, 0.1) is 5.95 Å². The van der Waals surface area contributed by atoms with Crippen molar-refractivity contribution in [2.24, 2.45) is 0 Å². The highest BCUT2D eigenvalue weighted by Gasteiger charge is 2.30. The van der Waals surface area contributed by atoms with Crippen LogP contribution in [0.3, 0.4) is 0 Å². The van der Waals surface area contributed by atoms with Gasteiger partial charge in [0.15, 0.2) is 0 Å². The molecule has 1 aromatic heterocycles. The lowest BCUT2D eigenvalue weighted by Crippen LogP contribution is -2.43. The van der Waals surface area contributed by atoms with E-state index in [0.717, 1.165) is 17.6 Å². The number of aromatic nitrogens is 1. The molecule has 88 valence electrons. The maximum atomic E-state index is 13.4. The molecule has 3 nitrogen and oxygen atoms in total. The third-order valence-electron chi connectivity index (χ3n) is 2.93. The van der Waals surface area contributed by atoms with Crippen molar-refractivity contribution < 1.29 is 9.50 Å². The van der Waals surface area contributed by atoms with Gasteiger partial charge in [-0.05, 0) is 47.9 Å². The quantitative estimate of drug-likeness (QED) is 0.814. The summed E-state index contributed by atoms with van der Waals surface area (Å²) in [4.78, 5) is 3.63. The van der Waals surface area contributed by atoms with Crippen LogP contribution in [-0.2, 0) is 6.42 Å². The molecule has 0 atom stereocenters. The molecule has 0 saturated carbocycles. The van der Waals surface area contributed by atoms with E-state index in [1.165, 1.54) is 6.20 Å². The van der Waals surface area contributed by atoms with Gasteiger partial charge in [-0.25, -0.2) is 4.98 Å². The van der Waals surface area contributed by atoms with Gasteiger partial charge in [0.2, 0.25) is 5.95 Å². The Morgan fingerprint density at radius 1 is 1.50 bits per heavy atom. The SMILES string of the molecule is OC1(Cc2cc(Br)cnc2F)CCNCC1. The monoisotopic (exact) mass is 288 g/mol. The van der Waals surface area contributed by atoms with Gasteiger partial charge in [-0.3, -0.25) is 0 Å². The molecule has 2 heterocycles. The predicted molar refractivity (Wildman–Crippen MR) is 62.7 cm³/mol. The van der Waals surface area contributed by atoms with Gasteiger partial charge < -0.3 is 10.4 Å². The molecular formula is C11H14BrFN2O. The van der Waals surface area contributed by atoms with E-state index in [-0.39, 0.29) is 0 Å². The summed E-state index contributed by atoms with van der Waals surface area (Å²) >= 11 is 3.26. The topological polar surface area (TPSA) is 45.2 Å². The van der Waals surface area contributed by atoms with Crippen LogP contribution in [-0.4, -0.2) is 28.8 Å². The van der Waals surface area contributed by atoms with Crippen molar-refractivity contribution in [3.05, 3.63) is 28.2 Å². The third kappa shape index (κ3) is 2.78. The third-order valence-corrected chi connectivity index (χ3v) is 3.37. The minimum absolute atomic E-state index is 0.326. The van der Waals surface area contributed by atoms with Crippen molar-refractivity contribution in [3.63, 3.8) is 0 Å². The summed E-state index contributed by atoms with van der Waals surface area (Å²) in [5, 5.41) is 13.5. The van der Waals surface area contributed by atoms with Crippen LogP contribution in [0.2, 0.25) is 0 Å². The fourth-order valence-corrected chi connectivity index (χ4v) is 2.39. The molecule has 0 unspecified atom stereocenters. The molecule has 2 N–H and O–H groups in total. The van der Waals surface area contributed by atoms with Crippen molar-refractivity contribution in [1.29, 1.82) is 0 Å². The molecule has 0 spiro atoms. The summed E-state index contributed by atoms with van der Waals surface area (Å²) in [6.07, 6.45) is 3.05. The molecule has 0 amide bonds.